The van der Waals surface area contributed by atoms with Gasteiger partial charge in [0.1, 0.15) is 6.04 Å². The molecule has 0 bridgehead atoms. The van der Waals surface area contributed by atoms with Gasteiger partial charge in [-0.25, -0.2) is 0 Å². The lowest BCUT2D eigenvalue weighted by molar-refractivity contribution is -0.137. The molecule has 0 aromatic rings. The average Bonchev–Trinajstić information content (AvgIpc) is 2.46. The second-order valence-electron chi connectivity index (χ2n) is 3.99. The van der Waals surface area contributed by atoms with Crippen molar-refractivity contribution in [1.29, 1.82) is 0 Å². The Morgan fingerprint density at radius 3 is 2.79 bits per heavy atom. The number of likely N-dealkylation sites (tertiary alicyclic amines) is 1. The van der Waals surface area contributed by atoms with Gasteiger partial charge in [-0.2, -0.15) is 0 Å². The molecule has 2 rings (SSSR count). The molecular formula is C10H16N2O2. The van der Waals surface area contributed by atoms with Crippen LogP contribution in [0.1, 0.15) is 32.1 Å². The fourth-order valence-electron chi connectivity index (χ4n) is 2.22. The van der Waals surface area contributed by atoms with Crippen molar-refractivity contribution < 1.29 is 9.59 Å². The second-order valence-corrected chi connectivity index (χ2v) is 3.99. The normalized spacial score (nSPS) is 28.9. The summed E-state index contributed by atoms with van der Waals surface area (Å²) < 4.78 is 0. The van der Waals surface area contributed by atoms with Gasteiger partial charge in [-0.05, 0) is 25.7 Å². The highest BCUT2D eigenvalue weighted by molar-refractivity contribution is 5.88. The summed E-state index contributed by atoms with van der Waals surface area (Å²) in [6.45, 7) is 1.52. The van der Waals surface area contributed by atoms with Gasteiger partial charge in [0.15, 0.2) is 0 Å². The molecule has 1 N–H and O–H groups in total. The van der Waals surface area contributed by atoms with Crippen LogP contribution in [0.5, 0.6) is 0 Å². The number of carbonyl (C=O) groups excluding carboxylic acids is 2. The molecule has 2 saturated heterocycles. The third-order valence-corrected chi connectivity index (χ3v) is 2.99. The Balaban J connectivity index is 2.06. The van der Waals surface area contributed by atoms with Crippen molar-refractivity contribution in [3.8, 4) is 0 Å². The minimum Gasteiger partial charge on any atom is -0.354 e. The van der Waals surface area contributed by atoms with Crippen LogP contribution >= 0.6 is 0 Å². The quantitative estimate of drug-likeness (QED) is 0.654. The molecule has 0 saturated carbocycles. The molecule has 0 aromatic carbocycles. The Kier molecular flexibility index (Phi) is 2.70. The molecule has 2 heterocycles. The molecule has 4 heteroatoms. The number of nitrogens with zero attached hydrogens (tertiary/aromatic N) is 1. The van der Waals surface area contributed by atoms with Crippen LogP contribution < -0.4 is 5.32 Å². The molecule has 0 aliphatic carbocycles. The Hall–Kier alpha value is -1.06. The van der Waals surface area contributed by atoms with Crippen LogP contribution in [0.3, 0.4) is 0 Å². The Bertz CT molecular complexity index is 253. The van der Waals surface area contributed by atoms with Gasteiger partial charge in [0.2, 0.25) is 11.8 Å². The van der Waals surface area contributed by atoms with Crippen molar-refractivity contribution in [2.45, 2.75) is 38.1 Å². The predicted molar refractivity (Wildman–Crippen MR) is 51.6 cm³/mol. The summed E-state index contributed by atoms with van der Waals surface area (Å²) in [5.74, 6) is 0.185. The van der Waals surface area contributed by atoms with Crippen molar-refractivity contribution in [3.05, 3.63) is 0 Å². The molecule has 78 valence electrons. The lowest BCUT2D eigenvalue weighted by atomic mass is 10.1. The van der Waals surface area contributed by atoms with E-state index in [1.807, 2.05) is 0 Å². The number of amides is 2. The van der Waals surface area contributed by atoms with Crippen LogP contribution in [-0.4, -0.2) is 35.8 Å². The maximum Gasteiger partial charge on any atom is 0.242 e. The smallest absolute Gasteiger partial charge is 0.242 e. The number of hydrogen-bond donors (Lipinski definition) is 1. The van der Waals surface area contributed by atoms with Gasteiger partial charge in [0.25, 0.3) is 0 Å². The van der Waals surface area contributed by atoms with Crippen LogP contribution in [0.25, 0.3) is 0 Å². The molecule has 1 unspecified atom stereocenters. The van der Waals surface area contributed by atoms with Crippen molar-refractivity contribution in [3.63, 3.8) is 0 Å². The molecule has 2 aliphatic rings. The van der Waals surface area contributed by atoms with E-state index in [9.17, 15) is 9.59 Å². The maximum atomic E-state index is 11.6. The summed E-state index contributed by atoms with van der Waals surface area (Å²) in [5.41, 5.74) is 0. The lowest BCUT2D eigenvalue weighted by Crippen LogP contribution is -2.46. The third kappa shape index (κ3) is 1.74. The van der Waals surface area contributed by atoms with Crippen molar-refractivity contribution >= 4 is 11.8 Å². The van der Waals surface area contributed by atoms with Crippen LogP contribution in [0.4, 0.5) is 0 Å². The first-order chi connectivity index (χ1) is 6.79. The molecule has 0 radical (unpaired) electrons. The average molecular weight is 196 g/mol. The van der Waals surface area contributed by atoms with Gasteiger partial charge in [0.05, 0.1) is 0 Å². The van der Waals surface area contributed by atoms with E-state index in [-0.39, 0.29) is 17.9 Å². The van der Waals surface area contributed by atoms with Gasteiger partial charge < -0.3 is 10.2 Å². The summed E-state index contributed by atoms with van der Waals surface area (Å²) in [7, 11) is 0. The van der Waals surface area contributed by atoms with E-state index in [4.69, 9.17) is 0 Å². The molecule has 4 nitrogen and oxygen atoms in total. The van der Waals surface area contributed by atoms with Gasteiger partial charge in [-0.1, -0.05) is 0 Å². The molecule has 1 atom stereocenters. The van der Waals surface area contributed by atoms with Crippen molar-refractivity contribution in [2.24, 2.45) is 0 Å². The van der Waals surface area contributed by atoms with E-state index in [2.05, 4.69) is 5.32 Å². The zero-order chi connectivity index (χ0) is 9.97. The summed E-state index contributed by atoms with van der Waals surface area (Å²) in [5, 5.41) is 2.86. The summed E-state index contributed by atoms with van der Waals surface area (Å²) in [6, 6.07) is -0.188. The molecule has 0 aromatic heterocycles. The van der Waals surface area contributed by atoms with Gasteiger partial charge in [-0.15, -0.1) is 0 Å². The Morgan fingerprint density at radius 1 is 1.21 bits per heavy atom. The standard InChI is InChI=1S/C10H16N2O2/c13-9-5-3-7-12(9)8-4-1-2-6-11-10(8)14/h8H,1-7H2,(H,11,14). The first kappa shape index (κ1) is 9.49. The molecular weight excluding hydrogens is 180 g/mol. The lowest BCUT2D eigenvalue weighted by Gasteiger charge is -2.24. The summed E-state index contributed by atoms with van der Waals surface area (Å²) >= 11 is 0. The van der Waals surface area contributed by atoms with Crippen LogP contribution in [-0.2, 0) is 9.59 Å². The summed E-state index contributed by atoms with van der Waals surface area (Å²) in [6.07, 6.45) is 4.42. The van der Waals surface area contributed by atoms with E-state index in [0.29, 0.717) is 6.42 Å². The van der Waals surface area contributed by atoms with Crippen LogP contribution in [0.15, 0.2) is 0 Å². The number of nitrogens with one attached hydrogen (secondary N) is 1. The van der Waals surface area contributed by atoms with Crippen molar-refractivity contribution in [1.82, 2.24) is 10.2 Å². The van der Waals surface area contributed by atoms with E-state index >= 15 is 0 Å². The van der Waals surface area contributed by atoms with Gasteiger partial charge >= 0.3 is 0 Å². The zero-order valence-electron chi connectivity index (χ0n) is 8.29. The minimum atomic E-state index is -0.188. The van der Waals surface area contributed by atoms with E-state index in [1.54, 1.807) is 4.90 Å². The molecule has 2 amide bonds. The van der Waals surface area contributed by atoms with Gasteiger partial charge in [0, 0.05) is 19.5 Å². The second kappa shape index (κ2) is 3.98. The Morgan fingerprint density at radius 2 is 2.07 bits per heavy atom. The minimum absolute atomic E-state index is 0.0396. The SMILES string of the molecule is O=C1NCCCCC1N1CCCC1=O. The highest BCUT2D eigenvalue weighted by Crippen LogP contribution is 2.19. The zero-order valence-corrected chi connectivity index (χ0v) is 8.29. The highest BCUT2D eigenvalue weighted by Gasteiger charge is 2.32. The predicted octanol–water partition coefficient (Wildman–Crippen LogP) is 0.277. The van der Waals surface area contributed by atoms with Gasteiger partial charge in [-0.3, -0.25) is 9.59 Å². The van der Waals surface area contributed by atoms with Crippen LogP contribution in [0, 0.1) is 0 Å². The van der Waals surface area contributed by atoms with E-state index in [0.717, 1.165) is 38.8 Å². The number of hydrogen-bond acceptors (Lipinski definition) is 2. The fraction of sp³-hybridized carbons (Fsp3) is 0.800. The van der Waals surface area contributed by atoms with E-state index in [1.165, 1.54) is 0 Å². The van der Waals surface area contributed by atoms with Crippen LogP contribution in [0.2, 0.25) is 0 Å². The van der Waals surface area contributed by atoms with Crippen molar-refractivity contribution in [2.75, 3.05) is 13.1 Å². The maximum absolute atomic E-state index is 11.6. The topological polar surface area (TPSA) is 49.4 Å². The van der Waals surface area contributed by atoms with E-state index < -0.39 is 0 Å². The molecule has 2 fully saturated rings. The fourth-order valence-corrected chi connectivity index (χ4v) is 2.22. The first-order valence-electron chi connectivity index (χ1n) is 5.36. The molecule has 2 aliphatic heterocycles. The molecule has 14 heavy (non-hydrogen) atoms. The molecule has 0 spiro atoms. The monoisotopic (exact) mass is 196 g/mol. The summed E-state index contributed by atoms with van der Waals surface area (Å²) in [4.78, 5) is 24.9. The largest absolute Gasteiger partial charge is 0.354 e. The Labute approximate surface area is 83.6 Å². The third-order valence-electron chi connectivity index (χ3n) is 2.99. The first-order valence-corrected chi connectivity index (χ1v) is 5.36. The number of rotatable bonds is 1. The number of carbonyl (C=O) groups is 2. The highest BCUT2D eigenvalue weighted by atomic mass is 16.2.